The van der Waals surface area contributed by atoms with Crippen molar-refractivity contribution < 1.29 is 23.1 Å². The van der Waals surface area contributed by atoms with Crippen molar-refractivity contribution >= 4 is 39.2 Å². The highest BCUT2D eigenvalue weighted by atomic mass is 35.5. The Morgan fingerprint density at radius 1 is 1.48 bits per heavy atom. The fourth-order valence-corrected chi connectivity index (χ4v) is 3.68. The van der Waals surface area contributed by atoms with Crippen LogP contribution in [0, 0.1) is 0 Å². The lowest BCUT2D eigenvalue weighted by Gasteiger charge is -2.17. The molecular formula is C12H13ClN2O5S. The molecule has 114 valence electrons. The van der Waals surface area contributed by atoms with Crippen molar-refractivity contribution in [2.75, 3.05) is 18.9 Å². The summed E-state index contributed by atoms with van der Waals surface area (Å²) in [5, 5.41) is 11.2. The van der Waals surface area contributed by atoms with Gasteiger partial charge in [0.2, 0.25) is 15.9 Å². The van der Waals surface area contributed by atoms with E-state index in [9.17, 15) is 18.0 Å². The number of sulfonamides is 1. The summed E-state index contributed by atoms with van der Waals surface area (Å²) in [4.78, 5) is 21.7. The minimum atomic E-state index is -3.91. The number of carboxylic acid groups (broad SMARTS) is 1. The zero-order valence-electron chi connectivity index (χ0n) is 11.1. The second-order valence-electron chi connectivity index (χ2n) is 4.64. The number of halogens is 1. The van der Waals surface area contributed by atoms with Gasteiger partial charge in [0, 0.05) is 19.3 Å². The van der Waals surface area contributed by atoms with E-state index in [1.54, 1.807) is 0 Å². The molecule has 0 aliphatic carbocycles. The van der Waals surface area contributed by atoms with Crippen molar-refractivity contribution in [2.24, 2.45) is 0 Å². The Balaban J connectivity index is 2.35. The van der Waals surface area contributed by atoms with Crippen LogP contribution in [0.1, 0.15) is 12.0 Å². The molecule has 0 spiro atoms. The molecular weight excluding hydrogens is 320 g/mol. The number of amides is 1. The number of nitrogens with zero attached hydrogens (tertiary/aromatic N) is 1. The molecule has 1 heterocycles. The summed E-state index contributed by atoms with van der Waals surface area (Å²) in [5.41, 5.74) is 1.05. The van der Waals surface area contributed by atoms with Crippen molar-refractivity contribution in [3.05, 3.63) is 22.7 Å². The van der Waals surface area contributed by atoms with Gasteiger partial charge in [-0.05, 0) is 17.7 Å². The van der Waals surface area contributed by atoms with Crippen LogP contribution in [0.2, 0.25) is 5.02 Å². The van der Waals surface area contributed by atoms with E-state index < -0.39 is 16.0 Å². The van der Waals surface area contributed by atoms with Crippen LogP contribution in [-0.2, 0) is 26.0 Å². The number of rotatable bonds is 5. The first-order chi connectivity index (χ1) is 9.71. The summed E-state index contributed by atoms with van der Waals surface area (Å²) < 4.78 is 25.7. The van der Waals surface area contributed by atoms with Crippen LogP contribution < -0.4 is 5.32 Å². The summed E-state index contributed by atoms with van der Waals surface area (Å²) in [6.45, 7) is -0.164. The lowest BCUT2D eigenvalue weighted by molar-refractivity contribution is -0.137. The van der Waals surface area contributed by atoms with Crippen molar-refractivity contribution in [3.8, 4) is 0 Å². The lowest BCUT2D eigenvalue weighted by Crippen LogP contribution is -2.29. The van der Waals surface area contributed by atoms with Crippen LogP contribution in [-0.4, -0.2) is 43.3 Å². The SMILES string of the molecule is CN(CCC(=O)O)S(=O)(=O)c1cc2c(cc1Cl)NC(=O)C2. The highest BCUT2D eigenvalue weighted by Crippen LogP contribution is 2.33. The Morgan fingerprint density at radius 3 is 2.76 bits per heavy atom. The third-order valence-corrected chi connectivity index (χ3v) is 5.43. The van der Waals surface area contributed by atoms with Gasteiger partial charge < -0.3 is 10.4 Å². The number of benzene rings is 1. The zero-order chi connectivity index (χ0) is 15.8. The number of hydrogen-bond donors (Lipinski definition) is 2. The maximum Gasteiger partial charge on any atom is 0.304 e. The predicted octanol–water partition coefficient (Wildman–Crippen LogP) is 0.930. The fraction of sp³-hybridized carbons (Fsp3) is 0.333. The van der Waals surface area contributed by atoms with Gasteiger partial charge >= 0.3 is 5.97 Å². The number of carboxylic acids is 1. The third kappa shape index (κ3) is 3.17. The number of nitrogens with one attached hydrogen (secondary N) is 1. The standard InChI is InChI=1S/C12H13ClN2O5S/c1-15(3-2-12(17)18)21(19,20)10-4-7-5-11(16)14-9(7)6-8(10)13/h4,6H,2-3,5H2,1H3,(H,14,16)(H,17,18). The molecule has 21 heavy (non-hydrogen) atoms. The number of carbonyl (C=O) groups is 2. The Bertz CT molecular complexity index is 717. The van der Waals surface area contributed by atoms with Crippen molar-refractivity contribution in [3.63, 3.8) is 0 Å². The largest absolute Gasteiger partial charge is 0.481 e. The smallest absolute Gasteiger partial charge is 0.304 e. The average molecular weight is 333 g/mol. The summed E-state index contributed by atoms with van der Waals surface area (Å²) in [6.07, 6.45) is -0.216. The third-order valence-electron chi connectivity index (χ3n) is 3.11. The quantitative estimate of drug-likeness (QED) is 0.834. The first kappa shape index (κ1) is 15.7. The van der Waals surface area contributed by atoms with E-state index in [0.29, 0.717) is 11.3 Å². The number of hydrogen-bond acceptors (Lipinski definition) is 4. The topological polar surface area (TPSA) is 104 Å². The molecule has 0 saturated heterocycles. The molecule has 0 unspecified atom stereocenters. The minimum absolute atomic E-state index is 0.0156. The highest BCUT2D eigenvalue weighted by molar-refractivity contribution is 7.89. The number of fused-ring (bicyclic) bond motifs is 1. The second kappa shape index (κ2) is 5.63. The van der Waals surface area contributed by atoms with Gasteiger partial charge in [-0.1, -0.05) is 11.6 Å². The summed E-state index contributed by atoms with van der Waals surface area (Å²) in [7, 11) is -2.62. The van der Waals surface area contributed by atoms with Gasteiger partial charge in [0.15, 0.2) is 0 Å². The Kier molecular flexibility index (Phi) is 4.22. The molecule has 0 fully saturated rings. The van der Waals surface area contributed by atoms with Crippen molar-refractivity contribution in [1.82, 2.24) is 4.31 Å². The molecule has 2 N–H and O–H groups in total. The van der Waals surface area contributed by atoms with Gasteiger partial charge in [-0.3, -0.25) is 9.59 Å². The average Bonchev–Trinajstić information content (AvgIpc) is 2.73. The van der Waals surface area contributed by atoms with Crippen molar-refractivity contribution in [1.29, 1.82) is 0 Å². The molecule has 1 aromatic carbocycles. The normalized spacial score (nSPS) is 14.1. The summed E-state index contributed by atoms with van der Waals surface area (Å²) in [6, 6.07) is 2.74. The van der Waals surface area contributed by atoms with E-state index in [2.05, 4.69) is 5.32 Å². The lowest BCUT2D eigenvalue weighted by atomic mass is 10.2. The monoisotopic (exact) mass is 332 g/mol. The van der Waals surface area contributed by atoms with E-state index in [1.165, 1.54) is 19.2 Å². The van der Waals surface area contributed by atoms with E-state index >= 15 is 0 Å². The van der Waals surface area contributed by atoms with Crippen LogP contribution in [0.4, 0.5) is 5.69 Å². The maximum atomic E-state index is 12.4. The van der Waals surface area contributed by atoms with Gasteiger partial charge in [0.1, 0.15) is 4.90 Å². The van der Waals surface area contributed by atoms with E-state index in [4.69, 9.17) is 16.7 Å². The zero-order valence-corrected chi connectivity index (χ0v) is 12.7. The molecule has 7 nitrogen and oxygen atoms in total. The molecule has 0 bridgehead atoms. The Morgan fingerprint density at radius 2 is 2.14 bits per heavy atom. The first-order valence-electron chi connectivity index (χ1n) is 6.02. The Labute approximate surface area is 126 Å². The molecule has 1 aromatic rings. The molecule has 0 saturated carbocycles. The van der Waals surface area contributed by atoms with Gasteiger partial charge in [-0.2, -0.15) is 0 Å². The van der Waals surface area contributed by atoms with Gasteiger partial charge in [-0.15, -0.1) is 0 Å². The van der Waals surface area contributed by atoms with Gasteiger partial charge in [0.25, 0.3) is 0 Å². The number of carbonyl (C=O) groups excluding carboxylic acids is 1. The molecule has 2 rings (SSSR count). The van der Waals surface area contributed by atoms with Gasteiger partial charge in [0.05, 0.1) is 17.9 Å². The van der Waals surface area contributed by atoms with Crippen molar-refractivity contribution in [2.45, 2.75) is 17.7 Å². The maximum absolute atomic E-state index is 12.4. The first-order valence-corrected chi connectivity index (χ1v) is 7.84. The minimum Gasteiger partial charge on any atom is -0.481 e. The van der Waals surface area contributed by atoms with E-state index in [1.807, 2.05) is 0 Å². The van der Waals surface area contributed by atoms with Crippen LogP contribution in [0.25, 0.3) is 0 Å². The number of aliphatic carboxylic acids is 1. The highest BCUT2D eigenvalue weighted by Gasteiger charge is 2.28. The summed E-state index contributed by atoms with van der Waals surface area (Å²) in [5.74, 6) is -1.32. The van der Waals surface area contributed by atoms with Crippen LogP contribution in [0.15, 0.2) is 17.0 Å². The molecule has 0 aromatic heterocycles. The molecule has 1 aliphatic rings. The number of anilines is 1. The van der Waals surface area contributed by atoms with E-state index in [-0.39, 0.29) is 35.2 Å². The second-order valence-corrected chi connectivity index (χ2v) is 7.06. The molecule has 1 amide bonds. The molecule has 9 heteroatoms. The van der Waals surface area contributed by atoms with Gasteiger partial charge in [-0.25, -0.2) is 12.7 Å². The Hall–Kier alpha value is -1.64. The molecule has 1 aliphatic heterocycles. The van der Waals surface area contributed by atoms with Crippen LogP contribution in [0.3, 0.4) is 0 Å². The summed E-state index contributed by atoms with van der Waals surface area (Å²) >= 11 is 5.97. The molecule has 0 radical (unpaired) electrons. The molecule has 0 atom stereocenters. The van der Waals surface area contributed by atoms with Crippen LogP contribution >= 0.6 is 11.6 Å². The fourth-order valence-electron chi connectivity index (χ4n) is 1.96. The van der Waals surface area contributed by atoms with E-state index in [0.717, 1.165) is 4.31 Å². The predicted molar refractivity (Wildman–Crippen MR) is 75.9 cm³/mol. The van der Waals surface area contributed by atoms with Crippen LogP contribution in [0.5, 0.6) is 0 Å².